The molecule has 0 heterocycles. The lowest BCUT2D eigenvalue weighted by Crippen LogP contribution is -2.51. The Morgan fingerprint density at radius 2 is 1.79 bits per heavy atom. The zero-order valence-electron chi connectivity index (χ0n) is 26.9. The third-order valence-corrected chi connectivity index (χ3v) is 12.5. The van der Waals surface area contributed by atoms with Gasteiger partial charge in [0.2, 0.25) is 0 Å². The second-order valence-corrected chi connectivity index (χ2v) is 14.5. The van der Waals surface area contributed by atoms with Gasteiger partial charge in [0.1, 0.15) is 5.60 Å². The molecule has 0 radical (unpaired) electrons. The van der Waals surface area contributed by atoms with Gasteiger partial charge in [-0.2, -0.15) is 0 Å². The molecule has 3 fully saturated rings. The number of nitrogens with zero attached hydrogens (tertiary/aromatic N) is 1. The topological polar surface area (TPSA) is 40.5 Å². The van der Waals surface area contributed by atoms with E-state index in [1.807, 2.05) is 6.92 Å². The summed E-state index contributed by atoms with van der Waals surface area (Å²) in [6.45, 7) is 8.76. The van der Waals surface area contributed by atoms with Gasteiger partial charge >= 0.3 is 0 Å². The van der Waals surface area contributed by atoms with Crippen LogP contribution in [0.5, 0.6) is 0 Å². The van der Waals surface area contributed by atoms with Crippen LogP contribution in [0.3, 0.4) is 0 Å². The van der Waals surface area contributed by atoms with Crippen LogP contribution in [0, 0.1) is 35.0 Å². The Kier molecular flexibility index (Phi) is 8.25. The molecule has 6 rings (SSSR count). The maximum Gasteiger partial charge on any atom is 0.159 e. The van der Waals surface area contributed by atoms with Gasteiger partial charge in [-0.1, -0.05) is 70.1 Å². The van der Waals surface area contributed by atoms with Crippen molar-refractivity contribution in [1.82, 2.24) is 0 Å². The summed E-state index contributed by atoms with van der Waals surface area (Å²) in [6.07, 6.45) is 15.1. The number of hydrogen-bond donors (Lipinski definition) is 1. The van der Waals surface area contributed by atoms with Gasteiger partial charge in [0, 0.05) is 36.5 Å². The third-order valence-electron chi connectivity index (χ3n) is 12.5. The summed E-state index contributed by atoms with van der Waals surface area (Å²) in [7, 11) is 2.28. The number of Topliss-reactive ketones (excluding diaryl/α,β-unsaturated/α-hetero) is 1. The Morgan fingerprint density at radius 3 is 2.45 bits per heavy atom. The number of rotatable bonds is 6. The quantitative estimate of drug-likeness (QED) is 0.349. The molecule has 0 saturated heterocycles. The van der Waals surface area contributed by atoms with Crippen LogP contribution in [-0.2, 0) is 4.79 Å². The van der Waals surface area contributed by atoms with Gasteiger partial charge in [0.25, 0.3) is 0 Å². The summed E-state index contributed by atoms with van der Waals surface area (Å²) in [5, 5.41) is 12.1. The lowest BCUT2D eigenvalue weighted by molar-refractivity contribution is -0.116. The minimum atomic E-state index is -0.935. The highest BCUT2D eigenvalue weighted by Gasteiger charge is 2.63. The molecule has 0 aromatic heterocycles. The fourth-order valence-corrected chi connectivity index (χ4v) is 10.3. The lowest BCUT2D eigenvalue weighted by Gasteiger charge is -2.55. The summed E-state index contributed by atoms with van der Waals surface area (Å²) in [4.78, 5) is 15.8. The van der Waals surface area contributed by atoms with E-state index in [1.165, 1.54) is 54.5 Å². The summed E-state index contributed by atoms with van der Waals surface area (Å²) >= 11 is 0. The van der Waals surface area contributed by atoms with Crippen LogP contribution in [0.1, 0.15) is 129 Å². The zero-order chi connectivity index (χ0) is 29.6. The first kappa shape index (κ1) is 29.7. The third kappa shape index (κ3) is 4.72. The van der Waals surface area contributed by atoms with Crippen LogP contribution in [-0.4, -0.2) is 29.6 Å². The molecule has 0 bridgehead atoms. The summed E-state index contributed by atoms with van der Waals surface area (Å²) in [5.74, 6) is 8.42. The Labute approximate surface area is 255 Å². The van der Waals surface area contributed by atoms with Gasteiger partial charge in [-0.3, -0.25) is 4.79 Å². The van der Waals surface area contributed by atoms with Crippen LogP contribution in [0.2, 0.25) is 0 Å². The van der Waals surface area contributed by atoms with E-state index in [9.17, 15) is 9.90 Å². The Bertz CT molecular complexity index is 1320. The number of carbonyl (C=O) groups is 1. The molecule has 6 unspecified atom stereocenters. The van der Waals surface area contributed by atoms with Crippen molar-refractivity contribution in [2.24, 2.45) is 23.2 Å². The summed E-state index contributed by atoms with van der Waals surface area (Å²) < 4.78 is 0. The molecule has 1 aromatic carbocycles. The SMILES string of the molecule is CC#CC1(O)CCC2C3CC(CC)C4=C(CCC)C(=O)CCC4=C3C(c3ccc(N(C)C4CCCCC4)cc3)CC21C. The molecule has 6 atom stereocenters. The van der Waals surface area contributed by atoms with E-state index in [1.54, 1.807) is 5.57 Å². The largest absolute Gasteiger partial charge is 0.377 e. The Balaban J connectivity index is 1.48. The molecule has 3 saturated carbocycles. The molecule has 42 heavy (non-hydrogen) atoms. The monoisotopic (exact) mass is 567 g/mol. The van der Waals surface area contributed by atoms with E-state index in [0.717, 1.165) is 56.9 Å². The fraction of sp³-hybridized carbons (Fsp3) is 0.667. The van der Waals surface area contributed by atoms with Crippen molar-refractivity contribution in [2.45, 2.75) is 135 Å². The average molecular weight is 568 g/mol. The second kappa shape index (κ2) is 11.6. The van der Waals surface area contributed by atoms with Gasteiger partial charge in [-0.15, -0.1) is 5.92 Å². The maximum atomic E-state index is 13.3. The molecule has 3 heteroatoms. The van der Waals surface area contributed by atoms with Crippen LogP contribution in [0.25, 0.3) is 0 Å². The molecule has 0 amide bonds. The first-order valence-electron chi connectivity index (χ1n) is 17.2. The normalized spacial score (nSPS) is 34.9. The van der Waals surface area contributed by atoms with Crippen molar-refractivity contribution in [3.63, 3.8) is 0 Å². The molecular formula is C39H53NO2. The summed E-state index contributed by atoms with van der Waals surface area (Å²) in [5.41, 5.74) is 7.26. The second-order valence-electron chi connectivity index (χ2n) is 14.5. The van der Waals surface area contributed by atoms with Crippen LogP contribution in [0.4, 0.5) is 5.69 Å². The van der Waals surface area contributed by atoms with E-state index in [4.69, 9.17) is 0 Å². The van der Waals surface area contributed by atoms with Gasteiger partial charge in [0.05, 0.1) is 0 Å². The minimum absolute atomic E-state index is 0.247. The number of fused-ring (bicyclic) bond motifs is 4. The molecule has 1 aromatic rings. The summed E-state index contributed by atoms with van der Waals surface area (Å²) in [6, 6.07) is 10.1. The van der Waals surface area contributed by atoms with Crippen molar-refractivity contribution in [2.75, 3.05) is 11.9 Å². The van der Waals surface area contributed by atoms with Crippen molar-refractivity contribution >= 4 is 11.5 Å². The zero-order valence-corrected chi connectivity index (χ0v) is 26.9. The van der Waals surface area contributed by atoms with E-state index >= 15 is 0 Å². The van der Waals surface area contributed by atoms with Crippen LogP contribution in [0.15, 0.2) is 46.6 Å². The highest BCUT2D eigenvalue weighted by molar-refractivity contribution is 5.98. The molecule has 1 N–H and O–H groups in total. The van der Waals surface area contributed by atoms with Crippen molar-refractivity contribution in [1.29, 1.82) is 0 Å². The number of benzene rings is 1. The molecular weight excluding hydrogens is 514 g/mol. The van der Waals surface area contributed by atoms with E-state index in [0.29, 0.717) is 36.0 Å². The fourth-order valence-electron chi connectivity index (χ4n) is 10.3. The average Bonchev–Trinajstić information content (AvgIpc) is 3.27. The van der Waals surface area contributed by atoms with Crippen molar-refractivity contribution < 1.29 is 9.90 Å². The Morgan fingerprint density at radius 1 is 1.05 bits per heavy atom. The van der Waals surface area contributed by atoms with Gasteiger partial charge < -0.3 is 10.0 Å². The van der Waals surface area contributed by atoms with E-state index in [2.05, 4.69) is 68.8 Å². The van der Waals surface area contributed by atoms with Crippen molar-refractivity contribution in [3.05, 3.63) is 52.1 Å². The van der Waals surface area contributed by atoms with Crippen molar-refractivity contribution in [3.8, 4) is 11.8 Å². The number of anilines is 1. The van der Waals surface area contributed by atoms with Gasteiger partial charge in [0.15, 0.2) is 5.78 Å². The molecule has 0 aliphatic heterocycles. The molecule has 5 aliphatic rings. The first-order chi connectivity index (χ1) is 20.3. The number of hydrogen-bond acceptors (Lipinski definition) is 3. The molecule has 5 aliphatic carbocycles. The van der Waals surface area contributed by atoms with Gasteiger partial charge in [-0.25, -0.2) is 0 Å². The molecule has 3 nitrogen and oxygen atoms in total. The van der Waals surface area contributed by atoms with E-state index < -0.39 is 5.60 Å². The maximum absolute atomic E-state index is 13.3. The number of ketones is 1. The number of allylic oxidation sites excluding steroid dienone is 4. The standard InChI is InChI=1S/C39H53NO2/c1-6-12-30-35(41)20-19-31-36(30)26(8-3)24-32-34-21-23-39(42,22-7-2)38(34,4)25-33(37(31)32)27-15-17-29(18-16-27)40(5)28-13-10-9-11-14-28/h15-18,26,28,32-34,42H,6,8-14,19-21,23-25H2,1-5H3. The predicted molar refractivity (Wildman–Crippen MR) is 173 cm³/mol. The number of carbonyl (C=O) groups excluding carboxylic acids is 1. The van der Waals surface area contributed by atoms with Gasteiger partial charge in [-0.05, 0) is 117 Å². The molecule has 226 valence electrons. The highest BCUT2D eigenvalue weighted by atomic mass is 16.3. The smallest absolute Gasteiger partial charge is 0.159 e. The predicted octanol–water partition coefficient (Wildman–Crippen LogP) is 8.92. The highest BCUT2D eigenvalue weighted by Crippen LogP contribution is 2.67. The lowest BCUT2D eigenvalue weighted by atomic mass is 9.49. The minimum Gasteiger partial charge on any atom is -0.377 e. The van der Waals surface area contributed by atoms with E-state index in [-0.39, 0.29) is 11.3 Å². The first-order valence-corrected chi connectivity index (χ1v) is 17.2. The Hall–Kier alpha value is -2.31. The van der Waals surface area contributed by atoms with Crippen LogP contribution >= 0.6 is 0 Å². The number of aliphatic hydroxyl groups is 1. The van der Waals surface area contributed by atoms with Crippen LogP contribution < -0.4 is 4.90 Å². The molecule has 0 spiro atoms.